The van der Waals surface area contributed by atoms with Gasteiger partial charge in [-0.3, -0.25) is 4.79 Å². The second-order valence-electron chi connectivity index (χ2n) is 3.14. The maximum absolute atomic E-state index is 12.7. The molecule has 1 rings (SSSR count). The van der Waals surface area contributed by atoms with Crippen LogP contribution in [0.2, 0.25) is 5.02 Å². The number of esters is 1. The first-order valence-corrected chi connectivity index (χ1v) is 5.31. The van der Waals surface area contributed by atoms with Crippen molar-refractivity contribution in [3.8, 4) is 0 Å². The third kappa shape index (κ3) is 4.16. The van der Waals surface area contributed by atoms with Crippen LogP contribution in [-0.4, -0.2) is 19.1 Å². The van der Waals surface area contributed by atoms with E-state index in [-0.39, 0.29) is 18.3 Å². The summed E-state index contributed by atoms with van der Waals surface area (Å²) in [6.45, 7) is 2.62. The second-order valence-corrected chi connectivity index (χ2v) is 3.55. The molecule has 1 N–H and O–H groups in total. The van der Waals surface area contributed by atoms with E-state index >= 15 is 0 Å². The van der Waals surface area contributed by atoms with Crippen molar-refractivity contribution in [1.82, 2.24) is 5.32 Å². The Morgan fingerprint density at radius 3 is 2.94 bits per heavy atom. The van der Waals surface area contributed by atoms with Gasteiger partial charge in [0.15, 0.2) is 0 Å². The standard InChI is InChI=1S/C11H13ClFNO2/c1-2-16-11(15)7-14-6-8-3-4-9(13)5-10(8)12/h3-5,14H,2,6-7H2,1H3. The third-order valence-corrected chi connectivity index (χ3v) is 2.26. The van der Waals surface area contributed by atoms with Crippen molar-refractivity contribution in [2.45, 2.75) is 13.5 Å². The number of carbonyl (C=O) groups is 1. The highest BCUT2D eigenvalue weighted by molar-refractivity contribution is 6.31. The third-order valence-electron chi connectivity index (χ3n) is 1.91. The monoisotopic (exact) mass is 245 g/mol. The van der Waals surface area contributed by atoms with Crippen LogP contribution in [-0.2, 0) is 16.1 Å². The molecule has 0 radical (unpaired) electrons. The molecule has 0 aromatic heterocycles. The van der Waals surface area contributed by atoms with Crippen LogP contribution in [0.4, 0.5) is 4.39 Å². The topological polar surface area (TPSA) is 38.3 Å². The van der Waals surface area contributed by atoms with Crippen LogP contribution in [0.5, 0.6) is 0 Å². The predicted octanol–water partition coefficient (Wildman–Crippen LogP) is 2.13. The normalized spacial score (nSPS) is 10.2. The molecule has 0 aliphatic rings. The molecule has 0 heterocycles. The molecular weight excluding hydrogens is 233 g/mol. The minimum absolute atomic E-state index is 0.113. The molecule has 0 saturated heterocycles. The number of halogens is 2. The van der Waals surface area contributed by atoms with Crippen molar-refractivity contribution in [3.63, 3.8) is 0 Å². The summed E-state index contributed by atoms with van der Waals surface area (Å²) >= 11 is 5.81. The minimum atomic E-state index is -0.376. The van der Waals surface area contributed by atoms with Crippen LogP contribution in [0.25, 0.3) is 0 Å². The van der Waals surface area contributed by atoms with Gasteiger partial charge in [0.25, 0.3) is 0 Å². The maximum atomic E-state index is 12.7. The number of hydrogen-bond donors (Lipinski definition) is 1. The number of benzene rings is 1. The van der Waals surface area contributed by atoms with Crippen molar-refractivity contribution < 1.29 is 13.9 Å². The summed E-state index contributed by atoms with van der Waals surface area (Å²) < 4.78 is 17.5. The van der Waals surface area contributed by atoms with Crippen molar-refractivity contribution in [1.29, 1.82) is 0 Å². The molecule has 88 valence electrons. The van der Waals surface area contributed by atoms with Gasteiger partial charge in [-0.1, -0.05) is 17.7 Å². The molecule has 0 spiro atoms. The molecule has 0 unspecified atom stereocenters. The van der Waals surface area contributed by atoms with E-state index in [0.717, 1.165) is 5.56 Å². The molecule has 1 aromatic carbocycles. The van der Waals surface area contributed by atoms with E-state index in [4.69, 9.17) is 16.3 Å². The lowest BCUT2D eigenvalue weighted by Crippen LogP contribution is -2.24. The Labute approximate surface area is 98.5 Å². The molecule has 0 aliphatic carbocycles. The fourth-order valence-electron chi connectivity index (χ4n) is 1.18. The fraction of sp³-hybridized carbons (Fsp3) is 0.364. The van der Waals surface area contributed by atoms with E-state index in [1.54, 1.807) is 13.0 Å². The first-order chi connectivity index (χ1) is 7.63. The molecular formula is C11H13ClFNO2. The Balaban J connectivity index is 2.40. The summed E-state index contributed by atoms with van der Waals surface area (Å²) in [4.78, 5) is 11.0. The van der Waals surface area contributed by atoms with E-state index < -0.39 is 0 Å². The molecule has 16 heavy (non-hydrogen) atoms. The highest BCUT2D eigenvalue weighted by Gasteiger charge is 2.04. The van der Waals surface area contributed by atoms with Gasteiger partial charge >= 0.3 is 5.97 Å². The summed E-state index contributed by atoms with van der Waals surface area (Å²) in [6.07, 6.45) is 0. The van der Waals surface area contributed by atoms with Crippen LogP contribution < -0.4 is 5.32 Å². The molecule has 1 aromatic rings. The van der Waals surface area contributed by atoms with Gasteiger partial charge in [-0.15, -0.1) is 0 Å². The lowest BCUT2D eigenvalue weighted by atomic mass is 10.2. The van der Waals surface area contributed by atoms with Crippen molar-refractivity contribution in [2.24, 2.45) is 0 Å². The molecule has 0 bridgehead atoms. The lowest BCUT2D eigenvalue weighted by molar-refractivity contribution is -0.142. The van der Waals surface area contributed by atoms with Crippen molar-refractivity contribution >= 4 is 17.6 Å². The average Bonchev–Trinajstić information content (AvgIpc) is 2.22. The fourth-order valence-corrected chi connectivity index (χ4v) is 1.41. The quantitative estimate of drug-likeness (QED) is 0.808. The first kappa shape index (κ1) is 12.9. The summed E-state index contributed by atoms with van der Waals surface area (Å²) in [5, 5.41) is 3.21. The summed E-state index contributed by atoms with van der Waals surface area (Å²) in [6, 6.07) is 4.14. The van der Waals surface area contributed by atoms with E-state index in [9.17, 15) is 9.18 Å². The number of rotatable bonds is 5. The molecule has 0 atom stereocenters. The second kappa shape index (κ2) is 6.45. The van der Waals surface area contributed by atoms with Gasteiger partial charge in [0.05, 0.1) is 13.2 Å². The van der Waals surface area contributed by atoms with Gasteiger partial charge in [0.2, 0.25) is 0 Å². The van der Waals surface area contributed by atoms with Crippen molar-refractivity contribution in [3.05, 3.63) is 34.6 Å². The van der Waals surface area contributed by atoms with Crippen LogP contribution in [0.15, 0.2) is 18.2 Å². The first-order valence-electron chi connectivity index (χ1n) is 4.93. The minimum Gasteiger partial charge on any atom is -0.465 e. The van der Waals surface area contributed by atoms with Gasteiger partial charge in [-0.05, 0) is 24.6 Å². The largest absolute Gasteiger partial charge is 0.465 e. The van der Waals surface area contributed by atoms with Gasteiger partial charge in [-0.2, -0.15) is 0 Å². The zero-order chi connectivity index (χ0) is 12.0. The average molecular weight is 246 g/mol. The number of carbonyl (C=O) groups excluding carboxylic acids is 1. The SMILES string of the molecule is CCOC(=O)CNCc1ccc(F)cc1Cl. The van der Waals surface area contributed by atoms with Crippen LogP contribution >= 0.6 is 11.6 Å². The summed E-state index contributed by atoms with van der Waals surface area (Å²) in [5.41, 5.74) is 0.743. The Bertz CT molecular complexity index is 371. The summed E-state index contributed by atoms with van der Waals surface area (Å²) in [5.74, 6) is -0.695. The van der Waals surface area contributed by atoms with Crippen molar-refractivity contribution in [2.75, 3.05) is 13.2 Å². The molecule has 3 nitrogen and oxygen atoms in total. The zero-order valence-electron chi connectivity index (χ0n) is 8.93. The lowest BCUT2D eigenvalue weighted by Gasteiger charge is -2.06. The highest BCUT2D eigenvalue weighted by Crippen LogP contribution is 2.16. The van der Waals surface area contributed by atoms with Gasteiger partial charge in [0.1, 0.15) is 5.82 Å². The van der Waals surface area contributed by atoms with E-state index in [1.165, 1.54) is 12.1 Å². The van der Waals surface area contributed by atoms with Gasteiger partial charge < -0.3 is 10.1 Å². The van der Waals surface area contributed by atoms with E-state index in [2.05, 4.69) is 5.32 Å². The Morgan fingerprint density at radius 2 is 2.31 bits per heavy atom. The van der Waals surface area contributed by atoms with Crippen LogP contribution in [0, 0.1) is 5.82 Å². The zero-order valence-corrected chi connectivity index (χ0v) is 9.68. The Kier molecular flexibility index (Phi) is 5.22. The molecule has 5 heteroatoms. The van der Waals surface area contributed by atoms with Gasteiger partial charge in [0, 0.05) is 11.6 Å². The number of hydrogen-bond acceptors (Lipinski definition) is 3. The van der Waals surface area contributed by atoms with E-state index in [1.807, 2.05) is 0 Å². The summed E-state index contributed by atoms with van der Waals surface area (Å²) in [7, 11) is 0. The Morgan fingerprint density at radius 1 is 1.56 bits per heavy atom. The molecule has 0 saturated carbocycles. The predicted molar refractivity (Wildman–Crippen MR) is 59.7 cm³/mol. The van der Waals surface area contributed by atoms with Gasteiger partial charge in [-0.25, -0.2) is 4.39 Å². The highest BCUT2D eigenvalue weighted by atomic mass is 35.5. The van der Waals surface area contributed by atoms with Crippen LogP contribution in [0.1, 0.15) is 12.5 Å². The molecule has 0 fully saturated rings. The molecule has 0 amide bonds. The smallest absolute Gasteiger partial charge is 0.319 e. The molecule has 0 aliphatic heterocycles. The van der Waals surface area contributed by atoms with E-state index in [0.29, 0.717) is 18.2 Å². The van der Waals surface area contributed by atoms with Crippen LogP contribution in [0.3, 0.4) is 0 Å². The number of ether oxygens (including phenoxy) is 1. The number of nitrogens with one attached hydrogen (secondary N) is 1. The Hall–Kier alpha value is -1.13. The maximum Gasteiger partial charge on any atom is 0.319 e.